The summed E-state index contributed by atoms with van der Waals surface area (Å²) < 4.78 is 11.2. The van der Waals surface area contributed by atoms with Crippen LogP contribution in [0, 0.1) is 5.92 Å². The Morgan fingerprint density at radius 1 is 0.588 bits per heavy atom. The van der Waals surface area contributed by atoms with Crippen molar-refractivity contribution in [2.24, 2.45) is 5.92 Å². The molecule has 0 saturated heterocycles. The topological polar surface area (TPSA) is 86.7 Å². The molecule has 0 radical (unpaired) electrons. The molecule has 2 aromatic carbocycles. The number of allylic oxidation sites excluding steroid dienone is 4. The second-order valence-electron chi connectivity index (χ2n) is 8.40. The molecular weight excluding hydrogens is 432 g/mol. The lowest BCUT2D eigenvalue weighted by atomic mass is 9.80. The lowest BCUT2D eigenvalue weighted by Crippen LogP contribution is -2.26. The summed E-state index contributed by atoms with van der Waals surface area (Å²) in [4.78, 5) is 52.6. The highest BCUT2D eigenvalue weighted by Gasteiger charge is 2.36. The van der Waals surface area contributed by atoms with Gasteiger partial charge in [0.2, 0.25) is 11.6 Å². The lowest BCUT2D eigenvalue weighted by Gasteiger charge is -2.25. The molecule has 2 aromatic rings. The van der Waals surface area contributed by atoms with E-state index in [9.17, 15) is 19.2 Å². The van der Waals surface area contributed by atoms with Crippen LogP contribution in [0.2, 0.25) is 0 Å². The van der Waals surface area contributed by atoms with Crippen molar-refractivity contribution in [3.8, 4) is 0 Å². The minimum absolute atomic E-state index is 0.0634. The molecule has 6 nitrogen and oxygen atoms in total. The van der Waals surface area contributed by atoms with Crippen molar-refractivity contribution in [1.29, 1.82) is 0 Å². The average Bonchev–Trinajstić information content (AvgIpc) is 2.85. The van der Waals surface area contributed by atoms with Crippen molar-refractivity contribution in [2.45, 2.75) is 33.6 Å². The smallest absolute Gasteiger partial charge is 0.228 e. The van der Waals surface area contributed by atoms with Crippen molar-refractivity contribution in [3.63, 3.8) is 0 Å². The minimum Gasteiger partial charge on any atom is -0.489 e. The summed E-state index contributed by atoms with van der Waals surface area (Å²) in [5, 5.41) is 0. The van der Waals surface area contributed by atoms with Crippen LogP contribution in [0.4, 0.5) is 0 Å². The van der Waals surface area contributed by atoms with E-state index >= 15 is 0 Å². The van der Waals surface area contributed by atoms with Crippen LogP contribution in [0.1, 0.15) is 75.0 Å². The first-order valence-electron chi connectivity index (χ1n) is 11.5. The standard InChI is InChI=1S/C28H26O6/c1-4-33-27-21(23(29)17-10-6-8-12-19(17)25(27)31)14-16(3)15-22-24(30)18-11-7-9-13-20(18)26(32)28(22)34-5-2/h6-13,16H,4-5,14-15H2,1-3H3. The maximum Gasteiger partial charge on any atom is 0.228 e. The second kappa shape index (κ2) is 9.59. The molecule has 2 aliphatic rings. The fourth-order valence-corrected chi connectivity index (χ4v) is 4.54. The zero-order valence-corrected chi connectivity index (χ0v) is 19.5. The second-order valence-corrected chi connectivity index (χ2v) is 8.40. The Bertz CT molecular complexity index is 1170. The third-order valence-electron chi connectivity index (χ3n) is 6.02. The summed E-state index contributed by atoms with van der Waals surface area (Å²) in [7, 11) is 0. The Hall–Kier alpha value is -3.80. The lowest BCUT2D eigenvalue weighted by molar-refractivity contribution is 0.0869. The fraction of sp³-hybridized carbons (Fsp3) is 0.286. The van der Waals surface area contributed by atoms with Gasteiger partial charge in [-0.1, -0.05) is 55.5 Å². The molecule has 0 bridgehead atoms. The van der Waals surface area contributed by atoms with E-state index in [4.69, 9.17) is 9.47 Å². The normalized spacial score (nSPS) is 15.6. The number of hydrogen-bond acceptors (Lipinski definition) is 6. The average molecular weight is 459 g/mol. The highest BCUT2D eigenvalue weighted by molar-refractivity contribution is 6.27. The molecule has 174 valence electrons. The fourth-order valence-electron chi connectivity index (χ4n) is 4.54. The number of rotatable bonds is 8. The molecule has 0 unspecified atom stereocenters. The van der Waals surface area contributed by atoms with E-state index in [1.807, 2.05) is 6.92 Å². The number of hydrogen-bond donors (Lipinski definition) is 0. The van der Waals surface area contributed by atoms with E-state index in [2.05, 4.69) is 0 Å². The molecule has 0 aliphatic heterocycles. The van der Waals surface area contributed by atoms with E-state index in [0.29, 0.717) is 33.4 Å². The van der Waals surface area contributed by atoms with Crippen molar-refractivity contribution < 1.29 is 28.7 Å². The Kier molecular flexibility index (Phi) is 6.59. The van der Waals surface area contributed by atoms with Gasteiger partial charge in [0.15, 0.2) is 23.1 Å². The van der Waals surface area contributed by atoms with E-state index < -0.39 is 0 Å². The summed E-state index contributed by atoms with van der Waals surface area (Å²) in [6, 6.07) is 13.4. The molecule has 0 fully saturated rings. The van der Waals surface area contributed by atoms with Crippen LogP contribution in [0.15, 0.2) is 71.2 Å². The number of ketones is 4. The van der Waals surface area contributed by atoms with Crippen molar-refractivity contribution in [1.82, 2.24) is 0 Å². The van der Waals surface area contributed by atoms with Gasteiger partial charge in [0.1, 0.15) is 0 Å². The van der Waals surface area contributed by atoms with E-state index in [1.54, 1.807) is 62.4 Å². The molecule has 2 aliphatic carbocycles. The van der Waals surface area contributed by atoms with Crippen LogP contribution >= 0.6 is 0 Å². The van der Waals surface area contributed by atoms with Gasteiger partial charge < -0.3 is 9.47 Å². The van der Waals surface area contributed by atoms with Crippen LogP contribution in [-0.4, -0.2) is 36.3 Å². The van der Waals surface area contributed by atoms with Gasteiger partial charge in [-0.3, -0.25) is 19.2 Å². The number of Topliss-reactive ketones (excluding diaryl/α,β-unsaturated/α-hetero) is 4. The Morgan fingerprint density at radius 3 is 1.24 bits per heavy atom. The number of ether oxygens (including phenoxy) is 2. The first-order valence-corrected chi connectivity index (χ1v) is 11.5. The van der Waals surface area contributed by atoms with Gasteiger partial charge in [0, 0.05) is 33.4 Å². The summed E-state index contributed by atoms with van der Waals surface area (Å²) in [6.07, 6.45) is 0.445. The maximum absolute atomic E-state index is 13.3. The summed E-state index contributed by atoms with van der Waals surface area (Å²) >= 11 is 0. The van der Waals surface area contributed by atoms with Crippen LogP contribution in [-0.2, 0) is 9.47 Å². The number of carbonyl (C=O) groups is 4. The predicted molar refractivity (Wildman–Crippen MR) is 126 cm³/mol. The number of carbonyl (C=O) groups excluding carboxylic acids is 4. The Morgan fingerprint density at radius 2 is 0.912 bits per heavy atom. The van der Waals surface area contributed by atoms with Gasteiger partial charge in [-0.25, -0.2) is 0 Å². The van der Waals surface area contributed by atoms with Gasteiger partial charge in [0.25, 0.3) is 0 Å². The summed E-state index contributed by atoms with van der Waals surface area (Å²) in [6.45, 7) is 5.89. The Balaban J connectivity index is 1.67. The SMILES string of the molecule is CCOC1=C(CC(C)CC2=C(OCC)C(=O)c3ccccc3C2=O)C(=O)c2ccccc2C1=O. The van der Waals surface area contributed by atoms with Gasteiger partial charge in [-0.05, 0) is 32.6 Å². The van der Waals surface area contributed by atoms with Gasteiger partial charge in [-0.15, -0.1) is 0 Å². The molecule has 6 heteroatoms. The largest absolute Gasteiger partial charge is 0.489 e. The number of fused-ring (bicyclic) bond motifs is 2. The Labute approximate surface area is 198 Å². The van der Waals surface area contributed by atoms with E-state index in [0.717, 1.165) is 0 Å². The van der Waals surface area contributed by atoms with Crippen LogP contribution in [0.5, 0.6) is 0 Å². The molecule has 4 rings (SSSR count). The monoisotopic (exact) mass is 458 g/mol. The molecule has 34 heavy (non-hydrogen) atoms. The molecule has 0 atom stereocenters. The first kappa shape index (κ1) is 23.4. The predicted octanol–water partition coefficient (Wildman–Crippen LogP) is 5.14. The number of benzene rings is 2. The van der Waals surface area contributed by atoms with Crippen LogP contribution < -0.4 is 0 Å². The first-order chi connectivity index (χ1) is 16.4. The maximum atomic E-state index is 13.3. The summed E-state index contributed by atoms with van der Waals surface area (Å²) in [5.74, 6) is -1.23. The summed E-state index contributed by atoms with van der Waals surface area (Å²) in [5.41, 5.74) is 1.96. The van der Waals surface area contributed by atoms with E-state index in [-0.39, 0.29) is 66.6 Å². The third kappa shape index (κ3) is 4.00. The van der Waals surface area contributed by atoms with Crippen LogP contribution in [0.25, 0.3) is 0 Å². The van der Waals surface area contributed by atoms with Crippen LogP contribution in [0.3, 0.4) is 0 Å². The van der Waals surface area contributed by atoms with Gasteiger partial charge >= 0.3 is 0 Å². The molecule has 0 N–H and O–H groups in total. The molecule has 0 amide bonds. The molecule has 0 spiro atoms. The van der Waals surface area contributed by atoms with Gasteiger partial charge in [-0.2, -0.15) is 0 Å². The quantitative estimate of drug-likeness (QED) is 0.544. The molecule has 0 saturated carbocycles. The zero-order valence-electron chi connectivity index (χ0n) is 19.5. The van der Waals surface area contributed by atoms with Gasteiger partial charge in [0.05, 0.1) is 13.2 Å². The molecular formula is C28H26O6. The van der Waals surface area contributed by atoms with E-state index in [1.165, 1.54) is 0 Å². The third-order valence-corrected chi connectivity index (χ3v) is 6.02. The van der Waals surface area contributed by atoms with Crippen molar-refractivity contribution in [3.05, 3.63) is 93.4 Å². The zero-order chi connectivity index (χ0) is 24.4. The minimum atomic E-state index is -0.314. The molecule has 0 heterocycles. The van der Waals surface area contributed by atoms with Crippen molar-refractivity contribution >= 4 is 23.1 Å². The highest BCUT2D eigenvalue weighted by Crippen LogP contribution is 2.35. The molecule has 0 aromatic heterocycles. The van der Waals surface area contributed by atoms with Crippen molar-refractivity contribution in [2.75, 3.05) is 13.2 Å². The highest BCUT2D eigenvalue weighted by atomic mass is 16.5.